The number of hydrogen-bond acceptors (Lipinski definition) is 2. The number of hydrogen-bond donors (Lipinski definition) is 2. The minimum absolute atomic E-state index is 0.229. The molecular formula is C14H12BrClN2O. The van der Waals surface area contributed by atoms with Gasteiger partial charge < -0.3 is 11.1 Å². The lowest BCUT2D eigenvalue weighted by Gasteiger charge is -2.10. The van der Waals surface area contributed by atoms with Gasteiger partial charge in [-0.2, -0.15) is 0 Å². The van der Waals surface area contributed by atoms with Crippen LogP contribution in [0.4, 0.5) is 11.4 Å². The Hall–Kier alpha value is -1.52. The van der Waals surface area contributed by atoms with Gasteiger partial charge in [0.15, 0.2) is 0 Å². The average Bonchev–Trinajstić information content (AvgIpc) is 2.36. The van der Waals surface area contributed by atoms with Crippen LogP contribution in [0.3, 0.4) is 0 Å². The number of halogens is 2. The molecule has 0 aliphatic carbocycles. The molecule has 0 aromatic heterocycles. The van der Waals surface area contributed by atoms with Gasteiger partial charge in [-0.05, 0) is 42.8 Å². The maximum Gasteiger partial charge on any atom is 0.255 e. The lowest BCUT2D eigenvalue weighted by molar-refractivity contribution is 0.102. The first-order valence-electron chi connectivity index (χ1n) is 5.60. The quantitative estimate of drug-likeness (QED) is 0.804. The van der Waals surface area contributed by atoms with Crippen LogP contribution in [0.1, 0.15) is 15.9 Å². The number of benzene rings is 2. The lowest BCUT2D eigenvalue weighted by atomic mass is 10.1. The number of carbonyl (C=O) groups is 1. The second-order valence-electron chi connectivity index (χ2n) is 4.15. The number of nitrogens with one attached hydrogen (secondary N) is 1. The highest BCUT2D eigenvalue weighted by Crippen LogP contribution is 2.27. The fourth-order valence-electron chi connectivity index (χ4n) is 1.64. The summed E-state index contributed by atoms with van der Waals surface area (Å²) in [4.78, 5) is 12.1. The number of rotatable bonds is 2. The summed E-state index contributed by atoms with van der Waals surface area (Å²) in [7, 11) is 0. The first-order valence-corrected chi connectivity index (χ1v) is 6.77. The molecule has 98 valence electrons. The van der Waals surface area contributed by atoms with E-state index in [2.05, 4.69) is 21.2 Å². The summed E-state index contributed by atoms with van der Waals surface area (Å²) in [6.45, 7) is 1.86. The second kappa shape index (κ2) is 5.63. The third-order valence-corrected chi connectivity index (χ3v) is 3.57. The predicted molar refractivity (Wildman–Crippen MR) is 82.7 cm³/mol. The Balaban J connectivity index is 2.27. The third-order valence-electron chi connectivity index (χ3n) is 2.67. The van der Waals surface area contributed by atoms with Gasteiger partial charge in [0.1, 0.15) is 0 Å². The zero-order valence-corrected chi connectivity index (χ0v) is 12.5. The molecule has 0 unspecified atom stereocenters. The van der Waals surface area contributed by atoms with E-state index in [-0.39, 0.29) is 5.91 Å². The van der Waals surface area contributed by atoms with Crippen LogP contribution in [0, 0.1) is 6.92 Å². The fraction of sp³-hybridized carbons (Fsp3) is 0.0714. The molecule has 2 aromatic rings. The molecule has 0 heterocycles. The molecule has 0 radical (unpaired) electrons. The minimum Gasteiger partial charge on any atom is -0.397 e. The zero-order chi connectivity index (χ0) is 14.0. The molecule has 3 nitrogen and oxygen atoms in total. The van der Waals surface area contributed by atoms with E-state index in [1.54, 1.807) is 30.3 Å². The van der Waals surface area contributed by atoms with E-state index in [0.717, 1.165) is 10.0 Å². The highest BCUT2D eigenvalue weighted by molar-refractivity contribution is 9.10. The molecule has 0 saturated heterocycles. The van der Waals surface area contributed by atoms with Crippen molar-refractivity contribution < 1.29 is 4.79 Å². The van der Waals surface area contributed by atoms with Gasteiger partial charge in [-0.1, -0.05) is 33.6 Å². The molecule has 0 aliphatic rings. The summed E-state index contributed by atoms with van der Waals surface area (Å²) in [5.41, 5.74) is 8.29. The van der Waals surface area contributed by atoms with Crippen LogP contribution in [0.2, 0.25) is 5.02 Å². The molecular weight excluding hydrogens is 328 g/mol. The van der Waals surface area contributed by atoms with Crippen LogP contribution in [0.25, 0.3) is 0 Å². The second-order valence-corrected chi connectivity index (χ2v) is 5.48. The summed E-state index contributed by atoms with van der Waals surface area (Å²) >= 11 is 9.35. The molecule has 19 heavy (non-hydrogen) atoms. The lowest BCUT2D eigenvalue weighted by Crippen LogP contribution is -2.13. The Bertz CT molecular complexity index is 643. The van der Waals surface area contributed by atoms with Crippen molar-refractivity contribution in [2.24, 2.45) is 0 Å². The van der Waals surface area contributed by atoms with E-state index >= 15 is 0 Å². The standard InChI is InChI=1S/C14H12BrClN2O/c1-8-5-12(17)13(7-11(8)16)18-14(19)9-3-2-4-10(15)6-9/h2-7H,17H2,1H3,(H,18,19). The van der Waals surface area contributed by atoms with Crippen molar-refractivity contribution in [3.8, 4) is 0 Å². The summed E-state index contributed by atoms with van der Waals surface area (Å²) in [5, 5.41) is 3.32. The van der Waals surface area contributed by atoms with Crippen LogP contribution in [0.15, 0.2) is 40.9 Å². The SMILES string of the molecule is Cc1cc(N)c(NC(=O)c2cccc(Br)c2)cc1Cl. The van der Waals surface area contributed by atoms with Gasteiger partial charge in [0, 0.05) is 15.1 Å². The Morgan fingerprint density at radius 2 is 2.05 bits per heavy atom. The van der Waals surface area contributed by atoms with Gasteiger partial charge >= 0.3 is 0 Å². The van der Waals surface area contributed by atoms with E-state index in [1.165, 1.54) is 0 Å². The molecule has 0 atom stereocenters. The topological polar surface area (TPSA) is 55.1 Å². The van der Waals surface area contributed by atoms with E-state index in [4.69, 9.17) is 17.3 Å². The maximum absolute atomic E-state index is 12.1. The molecule has 5 heteroatoms. The summed E-state index contributed by atoms with van der Waals surface area (Å²) in [6, 6.07) is 10.5. The van der Waals surface area contributed by atoms with E-state index in [9.17, 15) is 4.79 Å². The van der Waals surface area contributed by atoms with Crippen LogP contribution >= 0.6 is 27.5 Å². The van der Waals surface area contributed by atoms with Crippen LogP contribution in [-0.4, -0.2) is 5.91 Å². The summed E-state index contributed by atoms with van der Waals surface area (Å²) in [6.07, 6.45) is 0. The predicted octanol–water partition coefficient (Wildman–Crippen LogP) is 4.25. The van der Waals surface area contributed by atoms with Crippen molar-refractivity contribution in [2.75, 3.05) is 11.1 Å². The van der Waals surface area contributed by atoms with Crippen molar-refractivity contribution in [2.45, 2.75) is 6.92 Å². The smallest absolute Gasteiger partial charge is 0.255 e. The van der Waals surface area contributed by atoms with Gasteiger partial charge in [0.05, 0.1) is 11.4 Å². The molecule has 1 amide bonds. The maximum atomic E-state index is 12.1. The third kappa shape index (κ3) is 3.28. The van der Waals surface area contributed by atoms with Crippen molar-refractivity contribution in [3.63, 3.8) is 0 Å². The normalized spacial score (nSPS) is 10.3. The molecule has 0 aliphatic heterocycles. The fourth-order valence-corrected chi connectivity index (χ4v) is 2.20. The van der Waals surface area contributed by atoms with Crippen molar-refractivity contribution in [1.82, 2.24) is 0 Å². The first-order chi connectivity index (χ1) is 8.97. The number of nitrogens with two attached hydrogens (primary N) is 1. The monoisotopic (exact) mass is 338 g/mol. The van der Waals surface area contributed by atoms with E-state index in [0.29, 0.717) is 22.0 Å². The van der Waals surface area contributed by atoms with Crippen LogP contribution in [-0.2, 0) is 0 Å². The van der Waals surface area contributed by atoms with Gasteiger partial charge in [0.25, 0.3) is 5.91 Å². The Morgan fingerprint density at radius 3 is 2.74 bits per heavy atom. The number of aryl methyl sites for hydroxylation is 1. The molecule has 0 saturated carbocycles. The summed E-state index contributed by atoms with van der Waals surface area (Å²) < 4.78 is 0.843. The Kier molecular flexibility index (Phi) is 4.12. The van der Waals surface area contributed by atoms with Crippen molar-refractivity contribution in [3.05, 3.63) is 57.0 Å². The average molecular weight is 340 g/mol. The number of amides is 1. The summed E-state index contributed by atoms with van der Waals surface area (Å²) in [5.74, 6) is -0.229. The largest absolute Gasteiger partial charge is 0.397 e. The number of carbonyl (C=O) groups excluding carboxylic acids is 1. The van der Waals surface area contributed by atoms with Gasteiger partial charge in [-0.15, -0.1) is 0 Å². The van der Waals surface area contributed by atoms with Gasteiger partial charge in [-0.25, -0.2) is 0 Å². The molecule has 0 bridgehead atoms. The van der Waals surface area contributed by atoms with Gasteiger partial charge in [0.2, 0.25) is 0 Å². The minimum atomic E-state index is -0.229. The molecule has 0 spiro atoms. The Morgan fingerprint density at radius 1 is 1.32 bits per heavy atom. The molecule has 2 aromatic carbocycles. The molecule has 2 rings (SSSR count). The van der Waals surface area contributed by atoms with Gasteiger partial charge in [-0.3, -0.25) is 4.79 Å². The first kappa shape index (κ1) is 13.9. The zero-order valence-electron chi connectivity index (χ0n) is 10.2. The molecule has 0 fully saturated rings. The number of nitrogen functional groups attached to an aromatic ring is 1. The van der Waals surface area contributed by atoms with Crippen molar-refractivity contribution in [1.29, 1.82) is 0 Å². The molecule has 3 N–H and O–H groups in total. The Labute approximate surface area is 124 Å². The van der Waals surface area contributed by atoms with Crippen LogP contribution < -0.4 is 11.1 Å². The van der Waals surface area contributed by atoms with E-state index < -0.39 is 0 Å². The van der Waals surface area contributed by atoms with Crippen molar-refractivity contribution >= 4 is 44.8 Å². The van der Waals surface area contributed by atoms with Crippen LogP contribution in [0.5, 0.6) is 0 Å². The highest BCUT2D eigenvalue weighted by Gasteiger charge is 2.10. The number of anilines is 2. The highest BCUT2D eigenvalue weighted by atomic mass is 79.9. The van der Waals surface area contributed by atoms with E-state index in [1.807, 2.05) is 13.0 Å².